The molecular weight excluding hydrogens is 228 g/mol. The normalized spacial score (nSPS) is 23.2. The third-order valence-electron chi connectivity index (χ3n) is 3.34. The number of ether oxygens (including phenoxy) is 2. The minimum atomic E-state index is 0.174. The largest absolute Gasteiger partial charge is 0.481 e. The first-order valence-corrected chi connectivity index (χ1v) is 6.67. The van der Waals surface area contributed by atoms with Crippen LogP contribution < -0.4 is 10.1 Å². The highest BCUT2D eigenvalue weighted by molar-refractivity contribution is 5.21. The lowest BCUT2D eigenvalue weighted by atomic mass is 9.96. The van der Waals surface area contributed by atoms with Gasteiger partial charge in [-0.25, -0.2) is 4.98 Å². The molecule has 18 heavy (non-hydrogen) atoms. The number of methoxy groups -OCH3 is 1. The minimum Gasteiger partial charge on any atom is -0.481 e. The number of nitrogens with one attached hydrogen (secondary N) is 1. The molecule has 0 aromatic carbocycles. The van der Waals surface area contributed by atoms with Crippen molar-refractivity contribution < 1.29 is 9.47 Å². The molecule has 2 rings (SSSR count). The first-order valence-electron chi connectivity index (χ1n) is 6.67. The Hall–Kier alpha value is -1.13. The molecule has 2 heterocycles. The molecule has 4 heteroatoms. The molecule has 100 valence electrons. The van der Waals surface area contributed by atoms with E-state index in [0.717, 1.165) is 31.7 Å². The molecule has 0 bridgehead atoms. The Labute approximate surface area is 109 Å². The highest BCUT2D eigenvalue weighted by Gasteiger charge is 2.29. The number of hydrogen-bond acceptors (Lipinski definition) is 4. The molecule has 0 radical (unpaired) electrons. The van der Waals surface area contributed by atoms with Crippen LogP contribution in [0.25, 0.3) is 0 Å². The van der Waals surface area contributed by atoms with Crippen molar-refractivity contribution in [1.82, 2.24) is 10.3 Å². The van der Waals surface area contributed by atoms with Gasteiger partial charge in [-0.2, -0.15) is 0 Å². The molecule has 2 unspecified atom stereocenters. The third kappa shape index (κ3) is 3.21. The second kappa shape index (κ2) is 6.71. The van der Waals surface area contributed by atoms with Crippen LogP contribution in [0.15, 0.2) is 18.3 Å². The number of pyridine rings is 1. The lowest BCUT2D eigenvalue weighted by molar-refractivity contribution is 0.0902. The lowest BCUT2D eigenvalue weighted by Crippen LogP contribution is -2.25. The zero-order valence-electron chi connectivity index (χ0n) is 11.2. The number of nitrogens with zero attached hydrogens (tertiary/aromatic N) is 1. The van der Waals surface area contributed by atoms with Crippen molar-refractivity contribution in [3.8, 4) is 5.88 Å². The fourth-order valence-electron chi connectivity index (χ4n) is 2.36. The van der Waals surface area contributed by atoms with E-state index >= 15 is 0 Å². The highest BCUT2D eigenvalue weighted by Crippen LogP contribution is 2.34. The van der Waals surface area contributed by atoms with Crippen LogP contribution in [0.3, 0.4) is 0 Å². The van der Waals surface area contributed by atoms with Gasteiger partial charge in [0.25, 0.3) is 0 Å². The molecule has 1 N–H and O–H groups in total. The van der Waals surface area contributed by atoms with Crippen LogP contribution >= 0.6 is 0 Å². The summed E-state index contributed by atoms with van der Waals surface area (Å²) < 4.78 is 10.9. The van der Waals surface area contributed by atoms with Crippen LogP contribution in [0.5, 0.6) is 5.88 Å². The maximum atomic E-state index is 5.84. The second-order valence-electron chi connectivity index (χ2n) is 4.68. The van der Waals surface area contributed by atoms with Crippen molar-refractivity contribution in [1.29, 1.82) is 0 Å². The smallest absolute Gasteiger partial charge is 0.212 e. The topological polar surface area (TPSA) is 43.4 Å². The summed E-state index contributed by atoms with van der Waals surface area (Å²) in [5, 5.41) is 3.47. The van der Waals surface area contributed by atoms with E-state index in [4.69, 9.17) is 9.47 Å². The van der Waals surface area contributed by atoms with Gasteiger partial charge < -0.3 is 14.8 Å². The predicted octanol–water partition coefficient (Wildman–Crippen LogP) is 2.17. The number of hydrogen-bond donors (Lipinski definition) is 1. The molecule has 1 aliphatic heterocycles. The Morgan fingerprint density at radius 2 is 2.39 bits per heavy atom. The molecule has 2 atom stereocenters. The van der Waals surface area contributed by atoms with Crippen molar-refractivity contribution in [2.75, 3.05) is 26.8 Å². The van der Waals surface area contributed by atoms with Gasteiger partial charge >= 0.3 is 0 Å². The summed E-state index contributed by atoms with van der Waals surface area (Å²) in [4.78, 5) is 4.25. The minimum absolute atomic E-state index is 0.174. The summed E-state index contributed by atoms with van der Waals surface area (Å²) in [6.45, 7) is 5.12. The standard InChI is InChI=1S/C14H22N2O2/c1-3-7-15-9-12-6-8-18-14(12)11-4-5-13(17-2)16-10-11/h4-5,10,12,14-15H,3,6-9H2,1-2H3. The zero-order valence-corrected chi connectivity index (χ0v) is 11.2. The van der Waals surface area contributed by atoms with Gasteiger partial charge in [0.05, 0.1) is 13.2 Å². The molecule has 0 amide bonds. The van der Waals surface area contributed by atoms with E-state index in [1.807, 2.05) is 12.3 Å². The lowest BCUT2D eigenvalue weighted by Gasteiger charge is -2.19. The van der Waals surface area contributed by atoms with Gasteiger partial charge in [0.2, 0.25) is 5.88 Å². The first kappa shape index (κ1) is 13.3. The Balaban J connectivity index is 1.96. The van der Waals surface area contributed by atoms with Gasteiger partial charge in [-0.1, -0.05) is 6.92 Å². The van der Waals surface area contributed by atoms with Gasteiger partial charge in [-0.15, -0.1) is 0 Å². The van der Waals surface area contributed by atoms with Crippen molar-refractivity contribution in [2.24, 2.45) is 5.92 Å². The quantitative estimate of drug-likeness (QED) is 0.786. The SMILES string of the molecule is CCCNCC1CCOC1c1ccc(OC)nc1. The first-order chi connectivity index (χ1) is 8.85. The molecule has 0 saturated carbocycles. The average molecular weight is 250 g/mol. The molecule has 0 spiro atoms. The summed E-state index contributed by atoms with van der Waals surface area (Å²) in [5.74, 6) is 1.20. The van der Waals surface area contributed by atoms with Crippen LogP contribution in [0.2, 0.25) is 0 Å². The van der Waals surface area contributed by atoms with Crippen LogP contribution in [0.4, 0.5) is 0 Å². The van der Waals surface area contributed by atoms with Crippen LogP contribution in [0.1, 0.15) is 31.4 Å². The number of aromatic nitrogens is 1. The fourth-order valence-corrected chi connectivity index (χ4v) is 2.36. The molecule has 1 fully saturated rings. The van der Waals surface area contributed by atoms with Gasteiger partial charge in [0, 0.05) is 31.3 Å². The van der Waals surface area contributed by atoms with Gasteiger partial charge in [0.1, 0.15) is 0 Å². The third-order valence-corrected chi connectivity index (χ3v) is 3.34. The van der Waals surface area contributed by atoms with Crippen molar-refractivity contribution in [2.45, 2.75) is 25.9 Å². The summed E-state index contributed by atoms with van der Waals surface area (Å²) in [7, 11) is 1.63. The molecule has 1 aliphatic rings. The maximum absolute atomic E-state index is 5.84. The fraction of sp³-hybridized carbons (Fsp3) is 0.643. The molecule has 0 aliphatic carbocycles. The Morgan fingerprint density at radius 3 is 3.06 bits per heavy atom. The molecular formula is C14H22N2O2. The van der Waals surface area contributed by atoms with E-state index in [1.165, 1.54) is 6.42 Å². The van der Waals surface area contributed by atoms with E-state index in [1.54, 1.807) is 7.11 Å². The van der Waals surface area contributed by atoms with Crippen LogP contribution in [-0.2, 0) is 4.74 Å². The van der Waals surface area contributed by atoms with E-state index in [-0.39, 0.29) is 6.10 Å². The molecule has 1 aromatic rings. The highest BCUT2D eigenvalue weighted by atomic mass is 16.5. The summed E-state index contributed by atoms with van der Waals surface area (Å²) >= 11 is 0. The van der Waals surface area contributed by atoms with E-state index < -0.39 is 0 Å². The van der Waals surface area contributed by atoms with Crippen LogP contribution in [0, 0.1) is 5.92 Å². The summed E-state index contributed by atoms with van der Waals surface area (Å²) in [6.07, 6.45) is 4.32. The molecule has 4 nitrogen and oxygen atoms in total. The van der Waals surface area contributed by atoms with Gasteiger partial charge in [0.15, 0.2) is 0 Å². The van der Waals surface area contributed by atoms with E-state index in [2.05, 4.69) is 23.3 Å². The molecule has 1 aromatic heterocycles. The van der Waals surface area contributed by atoms with Gasteiger partial charge in [-0.05, 0) is 31.0 Å². The number of rotatable bonds is 6. The Bertz CT molecular complexity index is 353. The van der Waals surface area contributed by atoms with Crippen molar-refractivity contribution in [3.63, 3.8) is 0 Å². The van der Waals surface area contributed by atoms with E-state index in [0.29, 0.717) is 11.8 Å². The zero-order chi connectivity index (χ0) is 12.8. The maximum Gasteiger partial charge on any atom is 0.212 e. The van der Waals surface area contributed by atoms with E-state index in [9.17, 15) is 0 Å². The van der Waals surface area contributed by atoms with Crippen molar-refractivity contribution >= 4 is 0 Å². The summed E-state index contributed by atoms with van der Waals surface area (Å²) in [6, 6.07) is 3.95. The van der Waals surface area contributed by atoms with Crippen molar-refractivity contribution in [3.05, 3.63) is 23.9 Å². The molecule has 1 saturated heterocycles. The monoisotopic (exact) mass is 250 g/mol. The second-order valence-corrected chi connectivity index (χ2v) is 4.68. The summed E-state index contributed by atoms with van der Waals surface area (Å²) in [5.41, 5.74) is 1.15. The predicted molar refractivity (Wildman–Crippen MR) is 70.7 cm³/mol. The van der Waals surface area contributed by atoms with Gasteiger partial charge in [-0.3, -0.25) is 0 Å². The van der Waals surface area contributed by atoms with Crippen LogP contribution in [-0.4, -0.2) is 31.8 Å². The average Bonchev–Trinajstić information content (AvgIpc) is 2.88. The Kier molecular flexibility index (Phi) is 4.96. The Morgan fingerprint density at radius 1 is 1.50 bits per heavy atom.